The summed E-state index contributed by atoms with van der Waals surface area (Å²) in [7, 11) is 0. The molecule has 140 valence electrons. The van der Waals surface area contributed by atoms with Gasteiger partial charge in [-0.3, -0.25) is 4.79 Å². The number of aliphatic hydroxyl groups excluding tert-OH is 1. The Balaban J connectivity index is 1.60. The van der Waals surface area contributed by atoms with Crippen molar-refractivity contribution in [3.63, 3.8) is 0 Å². The largest absolute Gasteiger partial charge is 0.484 e. The molecule has 1 heterocycles. The van der Waals surface area contributed by atoms with Crippen molar-refractivity contribution in [3.05, 3.63) is 51.7 Å². The third-order valence-corrected chi connectivity index (χ3v) is 6.70. The molecule has 0 aliphatic heterocycles. The van der Waals surface area contributed by atoms with Gasteiger partial charge in [0.1, 0.15) is 5.75 Å². The summed E-state index contributed by atoms with van der Waals surface area (Å²) in [6.45, 7) is 4.42. The van der Waals surface area contributed by atoms with Crippen LogP contribution in [-0.4, -0.2) is 24.2 Å². The Morgan fingerprint density at radius 3 is 2.65 bits per heavy atom. The van der Waals surface area contributed by atoms with Crippen LogP contribution in [-0.2, 0) is 10.2 Å². The molecule has 2 N–H and O–H groups in total. The van der Waals surface area contributed by atoms with Crippen molar-refractivity contribution in [2.45, 2.75) is 51.0 Å². The fourth-order valence-corrected chi connectivity index (χ4v) is 4.79. The Morgan fingerprint density at radius 2 is 2.00 bits per heavy atom. The average molecular weight is 374 g/mol. The summed E-state index contributed by atoms with van der Waals surface area (Å²) in [4.78, 5) is 14.6. The van der Waals surface area contributed by atoms with Crippen molar-refractivity contribution < 1.29 is 14.6 Å². The van der Waals surface area contributed by atoms with Gasteiger partial charge < -0.3 is 15.2 Å². The van der Waals surface area contributed by atoms with Crippen molar-refractivity contribution in [3.8, 4) is 5.75 Å². The Bertz CT molecular complexity index is 747. The first-order valence-corrected chi connectivity index (χ1v) is 10.1. The molecule has 1 fully saturated rings. The zero-order chi connectivity index (χ0) is 18.6. The zero-order valence-electron chi connectivity index (χ0n) is 15.5. The summed E-state index contributed by atoms with van der Waals surface area (Å²) in [5.41, 5.74) is 1.02. The van der Waals surface area contributed by atoms with Crippen molar-refractivity contribution in [2.75, 3.05) is 13.2 Å². The molecule has 4 nitrogen and oxygen atoms in total. The minimum Gasteiger partial charge on any atom is -0.484 e. The van der Waals surface area contributed by atoms with E-state index >= 15 is 0 Å². The number of ether oxygens (including phenoxy) is 1. The maximum absolute atomic E-state index is 12.3. The zero-order valence-corrected chi connectivity index (χ0v) is 16.3. The summed E-state index contributed by atoms with van der Waals surface area (Å²) in [5, 5.41) is 12.9. The van der Waals surface area contributed by atoms with Crippen LogP contribution >= 0.6 is 11.3 Å². The number of hydrogen-bond donors (Lipinski definition) is 2. The van der Waals surface area contributed by atoms with Gasteiger partial charge >= 0.3 is 0 Å². The summed E-state index contributed by atoms with van der Waals surface area (Å²) in [6, 6.07) is 11.8. The molecule has 5 heteroatoms. The fourth-order valence-electron chi connectivity index (χ4n) is 3.60. The van der Waals surface area contributed by atoms with Gasteiger partial charge in [-0.1, -0.05) is 31.0 Å². The number of rotatable bonds is 7. The molecular weight excluding hydrogens is 346 g/mol. The molecule has 3 rings (SSSR count). The molecule has 1 amide bonds. The number of benzene rings is 1. The van der Waals surface area contributed by atoms with E-state index in [0.717, 1.165) is 29.0 Å². The second-order valence-electron chi connectivity index (χ2n) is 7.20. The molecule has 1 aromatic carbocycles. The van der Waals surface area contributed by atoms with E-state index in [0.29, 0.717) is 6.54 Å². The number of carbonyl (C=O) groups excluding carboxylic acids is 1. The molecule has 1 aliphatic rings. The summed E-state index contributed by atoms with van der Waals surface area (Å²) >= 11 is 1.67. The van der Waals surface area contributed by atoms with E-state index in [1.807, 2.05) is 37.3 Å². The topological polar surface area (TPSA) is 58.6 Å². The number of hydrogen-bond acceptors (Lipinski definition) is 4. The van der Waals surface area contributed by atoms with E-state index < -0.39 is 6.10 Å². The smallest absolute Gasteiger partial charge is 0.257 e. The van der Waals surface area contributed by atoms with Gasteiger partial charge in [-0.2, -0.15) is 0 Å². The maximum atomic E-state index is 12.3. The second-order valence-corrected chi connectivity index (χ2v) is 8.31. The highest BCUT2D eigenvalue weighted by Crippen LogP contribution is 2.44. The Hall–Kier alpha value is -1.85. The highest BCUT2D eigenvalue weighted by Gasteiger charge is 2.37. The standard InChI is InChI=1S/C21H27NO3S/c1-15-7-3-4-8-17(15)25-13-20(24)22-14-21(11-5-6-12-21)19-10-9-18(26-19)16(2)23/h3-4,7-10,16,23H,5-6,11-14H2,1-2H3,(H,22,24). The predicted octanol–water partition coefficient (Wildman–Crippen LogP) is 4.12. The van der Waals surface area contributed by atoms with Gasteiger partial charge in [-0.15, -0.1) is 11.3 Å². The number of aryl methyl sites for hydroxylation is 1. The van der Waals surface area contributed by atoms with Gasteiger partial charge in [-0.25, -0.2) is 0 Å². The molecule has 2 aromatic rings. The number of para-hydroxylation sites is 1. The number of thiophene rings is 1. The monoisotopic (exact) mass is 373 g/mol. The van der Waals surface area contributed by atoms with Gasteiger partial charge in [0.05, 0.1) is 6.10 Å². The van der Waals surface area contributed by atoms with Crippen LogP contribution in [0.4, 0.5) is 0 Å². The quantitative estimate of drug-likeness (QED) is 0.768. The molecule has 1 unspecified atom stereocenters. The highest BCUT2D eigenvalue weighted by molar-refractivity contribution is 7.12. The molecule has 0 saturated heterocycles. The van der Waals surface area contributed by atoms with Gasteiger partial charge in [0.2, 0.25) is 0 Å². The van der Waals surface area contributed by atoms with Crippen LogP contribution in [0.25, 0.3) is 0 Å². The van der Waals surface area contributed by atoms with Crippen molar-refractivity contribution in [1.82, 2.24) is 5.32 Å². The highest BCUT2D eigenvalue weighted by atomic mass is 32.1. The van der Waals surface area contributed by atoms with E-state index in [9.17, 15) is 9.90 Å². The maximum Gasteiger partial charge on any atom is 0.257 e. The van der Waals surface area contributed by atoms with E-state index in [1.54, 1.807) is 18.3 Å². The third kappa shape index (κ3) is 4.27. The molecule has 1 aromatic heterocycles. The first-order valence-electron chi connectivity index (χ1n) is 9.24. The summed E-state index contributed by atoms with van der Waals surface area (Å²) in [6.07, 6.45) is 4.07. The molecule has 1 aliphatic carbocycles. The number of aliphatic hydroxyl groups is 1. The van der Waals surface area contributed by atoms with E-state index in [1.165, 1.54) is 17.7 Å². The van der Waals surface area contributed by atoms with Crippen LogP contribution < -0.4 is 10.1 Å². The molecule has 0 radical (unpaired) electrons. The predicted molar refractivity (Wildman–Crippen MR) is 105 cm³/mol. The molecule has 1 atom stereocenters. The summed E-state index contributed by atoms with van der Waals surface area (Å²) < 4.78 is 5.65. The lowest BCUT2D eigenvalue weighted by Gasteiger charge is -2.28. The van der Waals surface area contributed by atoms with Gasteiger partial charge in [0, 0.05) is 21.7 Å². The minimum atomic E-state index is -0.440. The Labute approximate surface area is 159 Å². The Kier molecular flexibility index (Phi) is 5.99. The molecule has 0 bridgehead atoms. The van der Waals surface area contributed by atoms with E-state index in [-0.39, 0.29) is 17.9 Å². The van der Waals surface area contributed by atoms with Crippen molar-refractivity contribution >= 4 is 17.2 Å². The van der Waals surface area contributed by atoms with Crippen molar-refractivity contribution in [1.29, 1.82) is 0 Å². The number of carbonyl (C=O) groups is 1. The Morgan fingerprint density at radius 1 is 1.27 bits per heavy atom. The third-order valence-electron chi connectivity index (χ3n) is 5.20. The molecular formula is C21H27NO3S. The lowest BCUT2D eigenvalue weighted by Crippen LogP contribution is -2.40. The molecule has 1 saturated carbocycles. The number of amides is 1. The second kappa shape index (κ2) is 8.23. The van der Waals surface area contributed by atoms with Crippen LogP contribution in [0, 0.1) is 6.92 Å². The van der Waals surface area contributed by atoms with E-state index in [4.69, 9.17) is 4.74 Å². The normalized spacial score (nSPS) is 17.0. The lowest BCUT2D eigenvalue weighted by atomic mass is 9.84. The average Bonchev–Trinajstić information content (AvgIpc) is 3.29. The van der Waals surface area contributed by atoms with Crippen LogP contribution in [0.5, 0.6) is 5.75 Å². The minimum absolute atomic E-state index is 0.00384. The molecule has 26 heavy (non-hydrogen) atoms. The van der Waals surface area contributed by atoms with Gasteiger partial charge in [0.25, 0.3) is 5.91 Å². The fraction of sp³-hybridized carbons (Fsp3) is 0.476. The SMILES string of the molecule is Cc1ccccc1OCC(=O)NCC1(c2ccc(C(C)O)s2)CCCC1. The van der Waals surface area contributed by atoms with Crippen LogP contribution in [0.15, 0.2) is 36.4 Å². The van der Waals surface area contributed by atoms with Gasteiger partial charge in [-0.05, 0) is 50.5 Å². The number of nitrogens with one attached hydrogen (secondary N) is 1. The molecule has 0 spiro atoms. The van der Waals surface area contributed by atoms with Crippen LogP contribution in [0.2, 0.25) is 0 Å². The van der Waals surface area contributed by atoms with Crippen LogP contribution in [0.1, 0.15) is 54.0 Å². The van der Waals surface area contributed by atoms with Gasteiger partial charge in [0.15, 0.2) is 6.61 Å². The first-order chi connectivity index (χ1) is 12.5. The lowest BCUT2D eigenvalue weighted by molar-refractivity contribution is -0.123. The first kappa shape index (κ1) is 18.9. The van der Waals surface area contributed by atoms with Crippen molar-refractivity contribution in [2.24, 2.45) is 0 Å². The van der Waals surface area contributed by atoms with E-state index in [2.05, 4.69) is 11.4 Å². The van der Waals surface area contributed by atoms with Crippen LogP contribution in [0.3, 0.4) is 0 Å². The summed E-state index contributed by atoms with van der Waals surface area (Å²) in [5.74, 6) is 0.657.